The van der Waals surface area contributed by atoms with Crippen LogP contribution in [0, 0.1) is 0 Å². The second-order valence-corrected chi connectivity index (χ2v) is 4.75. The summed E-state index contributed by atoms with van der Waals surface area (Å²) in [5.41, 5.74) is 7.18. The number of hydrogen-bond donors (Lipinski definition) is 3. The van der Waals surface area contributed by atoms with Crippen molar-refractivity contribution < 1.29 is 14.9 Å². The fourth-order valence-corrected chi connectivity index (χ4v) is 2.20. The summed E-state index contributed by atoms with van der Waals surface area (Å²) >= 11 is 0. The molecule has 1 saturated heterocycles. The highest BCUT2D eigenvalue weighted by Gasteiger charge is 2.35. The van der Waals surface area contributed by atoms with Crippen molar-refractivity contribution >= 4 is 0 Å². The average molecular weight is 297 g/mol. The molecular formula is C11H15N5O5. The Balaban J connectivity index is 2.41. The summed E-state index contributed by atoms with van der Waals surface area (Å²) < 4.78 is 6.47. The molecule has 0 amide bonds. The largest absolute Gasteiger partial charge is 0.394 e. The predicted molar refractivity (Wildman–Crippen MR) is 70.5 cm³/mol. The van der Waals surface area contributed by atoms with Gasteiger partial charge in [0.1, 0.15) is 12.3 Å². The summed E-state index contributed by atoms with van der Waals surface area (Å²) in [6.07, 6.45) is -1.15. The summed E-state index contributed by atoms with van der Waals surface area (Å²) in [6, 6.07) is -0.759. The van der Waals surface area contributed by atoms with Gasteiger partial charge in [0, 0.05) is 23.1 Å². The Hall–Kier alpha value is -2.13. The van der Waals surface area contributed by atoms with E-state index in [9.17, 15) is 14.7 Å². The van der Waals surface area contributed by atoms with Gasteiger partial charge in [-0.25, -0.2) is 4.79 Å². The monoisotopic (exact) mass is 297 g/mol. The number of nitrogens with zero attached hydrogens (tertiary/aromatic N) is 4. The molecule has 1 aliphatic rings. The fourth-order valence-electron chi connectivity index (χ4n) is 2.20. The first kappa shape index (κ1) is 15.3. The van der Waals surface area contributed by atoms with Crippen molar-refractivity contribution in [1.82, 2.24) is 9.55 Å². The molecule has 0 saturated carbocycles. The second kappa shape index (κ2) is 6.10. The number of aliphatic hydroxyl groups is 2. The molecule has 2 rings (SSSR count). The number of aromatic nitrogens is 2. The van der Waals surface area contributed by atoms with Gasteiger partial charge in [0.15, 0.2) is 0 Å². The van der Waals surface area contributed by atoms with E-state index in [2.05, 4.69) is 15.0 Å². The van der Waals surface area contributed by atoms with E-state index in [1.807, 2.05) is 0 Å². The van der Waals surface area contributed by atoms with Gasteiger partial charge in [-0.05, 0) is 5.53 Å². The third-order valence-corrected chi connectivity index (χ3v) is 3.36. The third-order valence-electron chi connectivity index (χ3n) is 3.36. The maximum absolute atomic E-state index is 11.8. The lowest BCUT2D eigenvalue weighted by molar-refractivity contribution is -0.0460. The molecule has 0 aromatic carbocycles. The Kier molecular flexibility index (Phi) is 4.43. The van der Waals surface area contributed by atoms with Crippen molar-refractivity contribution in [2.75, 3.05) is 6.61 Å². The minimum Gasteiger partial charge on any atom is -0.394 e. The van der Waals surface area contributed by atoms with Crippen molar-refractivity contribution in [2.45, 2.75) is 37.8 Å². The lowest BCUT2D eigenvalue weighted by Gasteiger charge is -2.16. The van der Waals surface area contributed by atoms with E-state index in [4.69, 9.17) is 15.4 Å². The molecule has 1 aromatic rings. The highest BCUT2D eigenvalue weighted by Crippen LogP contribution is 2.27. The van der Waals surface area contributed by atoms with E-state index in [-0.39, 0.29) is 18.6 Å². The lowest BCUT2D eigenvalue weighted by atomic mass is 10.2. The molecule has 1 aromatic heterocycles. The van der Waals surface area contributed by atoms with Gasteiger partial charge in [-0.15, -0.1) is 0 Å². The van der Waals surface area contributed by atoms with E-state index >= 15 is 0 Å². The third kappa shape index (κ3) is 2.98. The molecule has 1 fully saturated rings. The number of rotatable bonds is 4. The Bertz CT molecular complexity index is 676. The van der Waals surface area contributed by atoms with E-state index in [1.165, 1.54) is 13.1 Å². The Morgan fingerprint density at radius 3 is 2.95 bits per heavy atom. The first-order chi connectivity index (χ1) is 9.97. The maximum Gasteiger partial charge on any atom is 0.330 e. The Morgan fingerprint density at radius 2 is 2.38 bits per heavy atom. The van der Waals surface area contributed by atoms with E-state index in [1.54, 1.807) is 0 Å². The smallest absolute Gasteiger partial charge is 0.330 e. The first-order valence-corrected chi connectivity index (χ1v) is 6.32. The van der Waals surface area contributed by atoms with E-state index in [0.29, 0.717) is 0 Å². The molecule has 0 spiro atoms. The average Bonchev–Trinajstić information content (AvgIpc) is 2.80. The normalized spacial score (nSPS) is 26.3. The van der Waals surface area contributed by atoms with Crippen LogP contribution >= 0.6 is 0 Å². The number of H-pyrrole nitrogens is 1. The quantitative estimate of drug-likeness (QED) is 0.390. The zero-order valence-electron chi connectivity index (χ0n) is 11.2. The lowest BCUT2D eigenvalue weighted by Crippen LogP contribution is -2.34. The van der Waals surface area contributed by atoms with Gasteiger partial charge in [-0.2, -0.15) is 0 Å². The molecule has 21 heavy (non-hydrogen) atoms. The zero-order valence-corrected chi connectivity index (χ0v) is 11.2. The van der Waals surface area contributed by atoms with Crippen LogP contribution in [0.4, 0.5) is 0 Å². The van der Waals surface area contributed by atoms with Gasteiger partial charge in [0.05, 0.1) is 18.8 Å². The number of hydrogen-bond acceptors (Lipinski definition) is 6. The standard InChI is InChI=1S/C11H15N5O5/c1-5(14-15-12)6-3-16(11(20)13-10(6)19)9-2-7(18)8(4-17)21-9/h3,5,7-9,17-18H,2,4H2,1H3,(H,13,19,20)/t5-,7-,8+,9+/m0/s1. The molecule has 0 unspecified atom stereocenters. The van der Waals surface area contributed by atoms with Gasteiger partial charge in [-0.1, -0.05) is 12.0 Å². The van der Waals surface area contributed by atoms with Gasteiger partial charge in [0.25, 0.3) is 5.56 Å². The minimum atomic E-state index is -0.906. The van der Waals surface area contributed by atoms with Crippen molar-refractivity contribution in [3.63, 3.8) is 0 Å². The Morgan fingerprint density at radius 1 is 1.67 bits per heavy atom. The van der Waals surface area contributed by atoms with Crippen LogP contribution in [-0.4, -0.2) is 38.6 Å². The van der Waals surface area contributed by atoms with Crippen LogP contribution in [0.2, 0.25) is 0 Å². The van der Waals surface area contributed by atoms with Crippen LogP contribution in [0.3, 0.4) is 0 Å². The number of aliphatic hydroxyl groups excluding tert-OH is 2. The van der Waals surface area contributed by atoms with Crippen molar-refractivity contribution in [3.05, 3.63) is 43.0 Å². The highest BCUT2D eigenvalue weighted by molar-refractivity contribution is 5.10. The molecule has 0 radical (unpaired) electrons. The zero-order chi connectivity index (χ0) is 15.6. The van der Waals surface area contributed by atoms with Gasteiger partial charge in [0.2, 0.25) is 0 Å². The Labute approximate surface area is 118 Å². The summed E-state index contributed by atoms with van der Waals surface area (Å²) in [7, 11) is 0. The molecule has 0 bridgehead atoms. The number of ether oxygens (including phenoxy) is 1. The summed E-state index contributed by atoms with van der Waals surface area (Å²) in [5.74, 6) is 0. The predicted octanol–water partition coefficient (Wildman–Crippen LogP) is -0.451. The van der Waals surface area contributed by atoms with Crippen LogP contribution in [0.15, 0.2) is 20.9 Å². The summed E-state index contributed by atoms with van der Waals surface area (Å²) in [5, 5.41) is 22.1. The van der Waals surface area contributed by atoms with Crippen LogP contribution < -0.4 is 11.2 Å². The van der Waals surface area contributed by atoms with Gasteiger partial charge < -0.3 is 14.9 Å². The molecule has 4 atom stereocenters. The number of nitrogens with one attached hydrogen (secondary N) is 1. The fraction of sp³-hybridized carbons (Fsp3) is 0.636. The molecule has 114 valence electrons. The summed E-state index contributed by atoms with van der Waals surface area (Å²) in [4.78, 5) is 28.3. The van der Waals surface area contributed by atoms with Crippen LogP contribution in [0.1, 0.15) is 31.2 Å². The van der Waals surface area contributed by atoms with Gasteiger partial charge >= 0.3 is 5.69 Å². The number of aromatic amines is 1. The van der Waals surface area contributed by atoms with Crippen LogP contribution in [-0.2, 0) is 4.74 Å². The molecule has 10 nitrogen and oxygen atoms in total. The van der Waals surface area contributed by atoms with Crippen LogP contribution in [0.5, 0.6) is 0 Å². The SMILES string of the molecule is C[C@H](N=[N+]=[N-])c1cn([C@H]2C[C@H](O)[C@@H](CO)O2)c(=O)[nH]c1=O. The molecule has 1 aliphatic heterocycles. The van der Waals surface area contributed by atoms with Gasteiger partial charge in [-0.3, -0.25) is 14.3 Å². The molecule has 3 N–H and O–H groups in total. The minimum absolute atomic E-state index is 0.104. The number of azide groups is 1. The topological polar surface area (TPSA) is 153 Å². The van der Waals surface area contributed by atoms with Crippen molar-refractivity contribution in [1.29, 1.82) is 0 Å². The highest BCUT2D eigenvalue weighted by atomic mass is 16.5. The van der Waals surface area contributed by atoms with Crippen molar-refractivity contribution in [2.24, 2.45) is 5.11 Å². The first-order valence-electron chi connectivity index (χ1n) is 6.32. The van der Waals surface area contributed by atoms with Crippen LogP contribution in [0.25, 0.3) is 10.4 Å². The van der Waals surface area contributed by atoms with Crippen molar-refractivity contribution in [3.8, 4) is 0 Å². The molecule has 2 heterocycles. The summed E-state index contributed by atoms with van der Waals surface area (Å²) in [6.45, 7) is 1.14. The maximum atomic E-state index is 11.8. The molecule has 0 aliphatic carbocycles. The second-order valence-electron chi connectivity index (χ2n) is 4.75. The molecular weight excluding hydrogens is 282 g/mol. The molecule has 10 heteroatoms. The van der Waals surface area contributed by atoms with E-state index < -0.39 is 35.7 Å². The van der Waals surface area contributed by atoms with E-state index in [0.717, 1.165) is 4.57 Å².